The smallest absolute Gasteiger partial charge is 0.0364 e. The quantitative estimate of drug-likeness (QED) is 0.602. The van der Waals surface area contributed by atoms with Crippen molar-refractivity contribution in [3.63, 3.8) is 0 Å². The standard InChI is InChI=1S/C13H21Cl/c14-13-3-1-2-11(13)8-12-7-9-4-5-10(12)6-9/h9-13H,1-8H2. The van der Waals surface area contributed by atoms with Gasteiger partial charge in [0.15, 0.2) is 0 Å². The van der Waals surface area contributed by atoms with Crippen LogP contribution in [0.15, 0.2) is 0 Å². The Labute approximate surface area is 92.4 Å². The van der Waals surface area contributed by atoms with Crippen LogP contribution in [0.25, 0.3) is 0 Å². The first-order chi connectivity index (χ1) is 6.83. The monoisotopic (exact) mass is 212 g/mol. The zero-order valence-electron chi connectivity index (χ0n) is 8.92. The van der Waals surface area contributed by atoms with Crippen molar-refractivity contribution in [3.8, 4) is 0 Å². The third-order valence-electron chi connectivity index (χ3n) is 5.06. The molecule has 0 heterocycles. The third kappa shape index (κ3) is 1.60. The zero-order valence-corrected chi connectivity index (χ0v) is 9.68. The molecule has 3 rings (SSSR count). The molecule has 0 aliphatic heterocycles. The number of halogens is 1. The molecule has 0 nitrogen and oxygen atoms in total. The Morgan fingerprint density at radius 2 is 1.86 bits per heavy atom. The highest BCUT2D eigenvalue weighted by Gasteiger charge is 2.41. The predicted octanol–water partition coefficient (Wildman–Crippen LogP) is 4.22. The summed E-state index contributed by atoms with van der Waals surface area (Å²) in [5, 5.41) is 0.522. The van der Waals surface area contributed by atoms with E-state index < -0.39 is 0 Å². The average molecular weight is 213 g/mol. The van der Waals surface area contributed by atoms with Crippen molar-refractivity contribution in [1.29, 1.82) is 0 Å². The maximum atomic E-state index is 6.36. The molecule has 0 spiro atoms. The highest BCUT2D eigenvalue weighted by Crippen LogP contribution is 2.51. The molecule has 5 atom stereocenters. The van der Waals surface area contributed by atoms with E-state index in [2.05, 4.69) is 0 Å². The van der Waals surface area contributed by atoms with Gasteiger partial charge in [-0.05, 0) is 62.2 Å². The molecular formula is C13H21Cl. The van der Waals surface area contributed by atoms with E-state index in [1.165, 1.54) is 38.5 Å². The average Bonchev–Trinajstić information content (AvgIpc) is 2.83. The number of hydrogen-bond acceptors (Lipinski definition) is 0. The van der Waals surface area contributed by atoms with E-state index in [4.69, 9.17) is 11.6 Å². The van der Waals surface area contributed by atoms with Gasteiger partial charge >= 0.3 is 0 Å². The summed E-state index contributed by atoms with van der Waals surface area (Å²) < 4.78 is 0. The molecule has 0 aromatic carbocycles. The lowest BCUT2D eigenvalue weighted by molar-refractivity contribution is 0.270. The van der Waals surface area contributed by atoms with E-state index in [1.54, 1.807) is 12.8 Å². The Morgan fingerprint density at radius 1 is 0.929 bits per heavy atom. The molecule has 2 bridgehead atoms. The fourth-order valence-electron chi connectivity index (χ4n) is 4.31. The van der Waals surface area contributed by atoms with Crippen molar-refractivity contribution in [1.82, 2.24) is 0 Å². The van der Waals surface area contributed by atoms with Gasteiger partial charge in [0, 0.05) is 5.38 Å². The van der Waals surface area contributed by atoms with Gasteiger partial charge in [0.2, 0.25) is 0 Å². The molecular weight excluding hydrogens is 192 g/mol. The van der Waals surface area contributed by atoms with E-state index in [-0.39, 0.29) is 0 Å². The van der Waals surface area contributed by atoms with E-state index in [9.17, 15) is 0 Å². The Balaban J connectivity index is 1.57. The Bertz CT molecular complexity index is 213. The van der Waals surface area contributed by atoms with Gasteiger partial charge in [-0.15, -0.1) is 11.6 Å². The molecule has 3 saturated carbocycles. The number of hydrogen-bond donors (Lipinski definition) is 0. The number of alkyl halides is 1. The highest BCUT2D eigenvalue weighted by molar-refractivity contribution is 6.20. The van der Waals surface area contributed by atoms with Crippen molar-refractivity contribution in [3.05, 3.63) is 0 Å². The largest absolute Gasteiger partial charge is 0.123 e. The van der Waals surface area contributed by atoms with E-state index in [0.717, 1.165) is 23.7 Å². The van der Waals surface area contributed by atoms with Crippen molar-refractivity contribution in [2.75, 3.05) is 0 Å². The first kappa shape index (κ1) is 9.51. The minimum absolute atomic E-state index is 0.522. The van der Waals surface area contributed by atoms with Gasteiger partial charge < -0.3 is 0 Å². The van der Waals surface area contributed by atoms with E-state index in [0.29, 0.717) is 5.38 Å². The van der Waals surface area contributed by atoms with Gasteiger partial charge in [0.05, 0.1) is 0 Å². The first-order valence-corrected chi connectivity index (χ1v) is 6.90. The van der Waals surface area contributed by atoms with Gasteiger partial charge in [-0.1, -0.05) is 12.8 Å². The van der Waals surface area contributed by atoms with Crippen LogP contribution in [0.4, 0.5) is 0 Å². The van der Waals surface area contributed by atoms with Gasteiger partial charge in [0.25, 0.3) is 0 Å². The van der Waals surface area contributed by atoms with Crippen LogP contribution in [0.1, 0.15) is 51.4 Å². The van der Waals surface area contributed by atoms with Crippen LogP contribution in [-0.2, 0) is 0 Å². The van der Waals surface area contributed by atoms with Gasteiger partial charge in [-0.25, -0.2) is 0 Å². The summed E-state index contributed by atoms with van der Waals surface area (Å²) in [5.74, 6) is 4.16. The summed E-state index contributed by atoms with van der Waals surface area (Å²) in [5.41, 5.74) is 0. The zero-order chi connectivity index (χ0) is 9.54. The molecule has 0 saturated heterocycles. The Hall–Kier alpha value is 0.290. The summed E-state index contributed by atoms with van der Waals surface area (Å²) in [7, 11) is 0. The molecule has 0 N–H and O–H groups in total. The summed E-state index contributed by atoms with van der Waals surface area (Å²) in [4.78, 5) is 0. The lowest BCUT2D eigenvalue weighted by atomic mass is 9.81. The molecule has 3 aliphatic rings. The molecule has 1 heteroatoms. The van der Waals surface area contributed by atoms with Crippen LogP contribution in [0.5, 0.6) is 0 Å². The number of fused-ring (bicyclic) bond motifs is 2. The second-order valence-electron chi connectivity index (χ2n) is 5.88. The van der Waals surface area contributed by atoms with Crippen LogP contribution < -0.4 is 0 Å². The van der Waals surface area contributed by atoms with Crippen LogP contribution in [0.2, 0.25) is 0 Å². The Kier molecular flexibility index (Phi) is 2.51. The highest BCUT2D eigenvalue weighted by atomic mass is 35.5. The number of rotatable bonds is 2. The van der Waals surface area contributed by atoms with Gasteiger partial charge in [-0.2, -0.15) is 0 Å². The molecule has 0 radical (unpaired) electrons. The van der Waals surface area contributed by atoms with Crippen molar-refractivity contribution in [2.24, 2.45) is 23.7 Å². The van der Waals surface area contributed by atoms with Gasteiger partial charge in [0.1, 0.15) is 0 Å². The summed E-state index contributed by atoms with van der Waals surface area (Å²) in [6.07, 6.45) is 11.7. The third-order valence-corrected chi connectivity index (χ3v) is 5.63. The second-order valence-corrected chi connectivity index (χ2v) is 6.44. The minimum Gasteiger partial charge on any atom is -0.123 e. The van der Waals surface area contributed by atoms with Gasteiger partial charge in [-0.3, -0.25) is 0 Å². The maximum Gasteiger partial charge on any atom is 0.0364 e. The fraction of sp³-hybridized carbons (Fsp3) is 1.00. The van der Waals surface area contributed by atoms with Crippen LogP contribution >= 0.6 is 11.6 Å². The topological polar surface area (TPSA) is 0 Å². The van der Waals surface area contributed by atoms with E-state index in [1.807, 2.05) is 0 Å². The lowest BCUT2D eigenvalue weighted by Gasteiger charge is -2.25. The normalized spacial score (nSPS) is 51.6. The van der Waals surface area contributed by atoms with Crippen molar-refractivity contribution in [2.45, 2.75) is 56.7 Å². The second kappa shape index (κ2) is 3.70. The van der Waals surface area contributed by atoms with Crippen LogP contribution in [-0.4, -0.2) is 5.38 Å². The summed E-state index contributed by atoms with van der Waals surface area (Å²) in [6, 6.07) is 0. The lowest BCUT2D eigenvalue weighted by Crippen LogP contribution is -2.17. The van der Waals surface area contributed by atoms with Crippen LogP contribution in [0.3, 0.4) is 0 Å². The summed E-state index contributed by atoms with van der Waals surface area (Å²) >= 11 is 6.36. The predicted molar refractivity (Wildman–Crippen MR) is 60.5 cm³/mol. The fourth-order valence-corrected chi connectivity index (χ4v) is 4.69. The molecule has 0 aromatic rings. The van der Waals surface area contributed by atoms with Crippen molar-refractivity contribution >= 4 is 11.6 Å². The maximum absolute atomic E-state index is 6.36. The molecule has 0 aromatic heterocycles. The van der Waals surface area contributed by atoms with Crippen molar-refractivity contribution < 1.29 is 0 Å². The molecule has 0 amide bonds. The minimum atomic E-state index is 0.522. The van der Waals surface area contributed by atoms with E-state index >= 15 is 0 Å². The molecule has 14 heavy (non-hydrogen) atoms. The molecule has 3 aliphatic carbocycles. The van der Waals surface area contributed by atoms with Crippen LogP contribution in [0, 0.1) is 23.7 Å². The molecule has 5 unspecified atom stereocenters. The first-order valence-electron chi connectivity index (χ1n) is 6.47. The SMILES string of the molecule is ClC1CCCC1CC1CC2CCC1C2. The Morgan fingerprint density at radius 3 is 2.43 bits per heavy atom. The molecule has 80 valence electrons. The molecule has 3 fully saturated rings. The summed E-state index contributed by atoms with van der Waals surface area (Å²) in [6.45, 7) is 0.